The van der Waals surface area contributed by atoms with Crippen LogP contribution in [0.1, 0.15) is 39.4 Å². The minimum Gasteiger partial charge on any atom is -0.396 e. The molecule has 1 N–H and O–H groups in total. The first-order chi connectivity index (χ1) is 8.78. The zero-order valence-electron chi connectivity index (χ0n) is 10.5. The molecule has 3 rings (SSSR count). The molecule has 1 aromatic rings. The number of hydrogen-bond donors (Lipinski definition) is 1. The van der Waals surface area contributed by atoms with Crippen LogP contribution in [-0.2, 0) is 12.8 Å². The average Bonchev–Trinajstić information content (AvgIpc) is 2.99. The van der Waals surface area contributed by atoms with E-state index in [1.807, 2.05) is 4.90 Å². The molecule has 2 aliphatic rings. The van der Waals surface area contributed by atoms with Gasteiger partial charge in [0.2, 0.25) is 0 Å². The van der Waals surface area contributed by atoms with Gasteiger partial charge in [0, 0.05) is 24.6 Å². The van der Waals surface area contributed by atoms with E-state index in [1.165, 1.54) is 16.9 Å². The topological polar surface area (TPSA) is 40.5 Å². The number of aliphatic hydroxyl groups excluding tert-OH is 1. The molecule has 2 heterocycles. The molecule has 1 aliphatic carbocycles. The quantitative estimate of drug-likeness (QED) is 0.889. The molecule has 0 atom stereocenters. The number of nitrogens with zero attached hydrogens (tertiary/aromatic N) is 1. The van der Waals surface area contributed by atoms with Crippen molar-refractivity contribution < 1.29 is 9.90 Å². The number of amides is 1. The Bertz CT molecular complexity index is 425. The third-order valence-corrected chi connectivity index (χ3v) is 5.34. The lowest BCUT2D eigenvalue weighted by molar-refractivity contribution is 0.0655. The summed E-state index contributed by atoms with van der Waals surface area (Å²) in [7, 11) is 0. The van der Waals surface area contributed by atoms with E-state index in [-0.39, 0.29) is 12.5 Å². The highest BCUT2D eigenvalue weighted by atomic mass is 32.1. The largest absolute Gasteiger partial charge is 0.396 e. The monoisotopic (exact) mass is 265 g/mol. The van der Waals surface area contributed by atoms with Crippen LogP contribution in [0.4, 0.5) is 0 Å². The average molecular weight is 265 g/mol. The standard InChI is InChI=1S/C14H19NO2S/c16-9-10-4-6-15(7-5-10)14(17)13-8-11-2-1-3-12(11)18-13/h8,10,16H,1-7,9H2. The Morgan fingerprint density at radius 1 is 1.39 bits per heavy atom. The number of fused-ring (bicyclic) bond motifs is 1. The maximum Gasteiger partial charge on any atom is 0.263 e. The first-order valence-electron chi connectivity index (χ1n) is 6.79. The van der Waals surface area contributed by atoms with Gasteiger partial charge in [-0.25, -0.2) is 0 Å². The fourth-order valence-corrected chi connectivity index (χ4v) is 4.13. The Labute approximate surface area is 111 Å². The summed E-state index contributed by atoms with van der Waals surface area (Å²) in [5.41, 5.74) is 1.40. The fourth-order valence-electron chi connectivity index (χ4n) is 2.91. The van der Waals surface area contributed by atoms with Crippen LogP contribution in [0.5, 0.6) is 0 Å². The molecule has 0 aromatic carbocycles. The van der Waals surface area contributed by atoms with Crippen molar-refractivity contribution in [2.45, 2.75) is 32.1 Å². The third-order valence-electron chi connectivity index (χ3n) is 4.12. The second kappa shape index (κ2) is 5.02. The fraction of sp³-hybridized carbons (Fsp3) is 0.643. The van der Waals surface area contributed by atoms with E-state index < -0.39 is 0 Å². The summed E-state index contributed by atoms with van der Waals surface area (Å²) < 4.78 is 0. The first kappa shape index (κ1) is 12.2. The lowest BCUT2D eigenvalue weighted by Gasteiger charge is -2.30. The van der Waals surface area contributed by atoms with Gasteiger partial charge in [0.25, 0.3) is 5.91 Å². The van der Waals surface area contributed by atoms with Crippen molar-refractivity contribution in [3.63, 3.8) is 0 Å². The van der Waals surface area contributed by atoms with E-state index in [0.29, 0.717) is 5.92 Å². The molecule has 0 unspecified atom stereocenters. The minimum atomic E-state index is 0.200. The summed E-state index contributed by atoms with van der Waals surface area (Å²) in [6, 6.07) is 2.10. The Hall–Kier alpha value is -0.870. The van der Waals surface area contributed by atoms with Crippen molar-refractivity contribution in [2.24, 2.45) is 5.92 Å². The number of hydrogen-bond acceptors (Lipinski definition) is 3. The molecule has 1 saturated heterocycles. The SMILES string of the molecule is O=C(c1cc2c(s1)CCC2)N1CCC(CO)CC1. The Morgan fingerprint density at radius 3 is 2.83 bits per heavy atom. The van der Waals surface area contributed by atoms with Gasteiger partial charge in [0.05, 0.1) is 4.88 Å². The number of aryl methyl sites for hydroxylation is 2. The second-order valence-corrected chi connectivity index (χ2v) is 6.47. The lowest BCUT2D eigenvalue weighted by Crippen LogP contribution is -2.38. The summed E-state index contributed by atoms with van der Waals surface area (Å²) in [6.45, 7) is 1.86. The van der Waals surface area contributed by atoms with E-state index in [1.54, 1.807) is 11.3 Å². The normalized spacial score (nSPS) is 20.2. The van der Waals surface area contributed by atoms with Crippen molar-refractivity contribution >= 4 is 17.2 Å². The summed E-state index contributed by atoms with van der Waals surface area (Å²) in [6.07, 6.45) is 5.42. The molecule has 0 saturated carbocycles. The van der Waals surface area contributed by atoms with Gasteiger partial charge in [-0.1, -0.05) is 0 Å². The highest BCUT2D eigenvalue weighted by molar-refractivity contribution is 7.14. The Morgan fingerprint density at radius 2 is 2.17 bits per heavy atom. The number of aliphatic hydroxyl groups is 1. The van der Waals surface area contributed by atoms with Crippen molar-refractivity contribution in [2.75, 3.05) is 19.7 Å². The number of carbonyl (C=O) groups is 1. The zero-order chi connectivity index (χ0) is 12.5. The molecule has 1 aromatic heterocycles. The molecular formula is C14H19NO2S. The van der Waals surface area contributed by atoms with Crippen LogP contribution in [0.15, 0.2) is 6.07 Å². The van der Waals surface area contributed by atoms with E-state index in [2.05, 4.69) is 6.07 Å². The molecule has 18 heavy (non-hydrogen) atoms. The van der Waals surface area contributed by atoms with Crippen LogP contribution in [0.25, 0.3) is 0 Å². The molecule has 0 spiro atoms. The summed E-state index contributed by atoms with van der Waals surface area (Å²) in [4.78, 5) is 16.7. The van der Waals surface area contributed by atoms with Gasteiger partial charge in [-0.3, -0.25) is 4.79 Å². The van der Waals surface area contributed by atoms with Crippen molar-refractivity contribution in [1.82, 2.24) is 4.90 Å². The van der Waals surface area contributed by atoms with Crippen molar-refractivity contribution in [3.05, 3.63) is 21.4 Å². The molecule has 98 valence electrons. The maximum absolute atomic E-state index is 12.4. The zero-order valence-corrected chi connectivity index (χ0v) is 11.3. The van der Waals surface area contributed by atoms with Crippen LogP contribution >= 0.6 is 11.3 Å². The summed E-state index contributed by atoms with van der Waals surface area (Å²) in [5.74, 6) is 0.591. The molecule has 4 heteroatoms. The molecule has 0 bridgehead atoms. The highest BCUT2D eigenvalue weighted by Crippen LogP contribution is 2.31. The van der Waals surface area contributed by atoms with Gasteiger partial charge in [-0.2, -0.15) is 0 Å². The second-order valence-electron chi connectivity index (χ2n) is 5.33. The smallest absolute Gasteiger partial charge is 0.263 e. The van der Waals surface area contributed by atoms with E-state index in [0.717, 1.165) is 43.6 Å². The van der Waals surface area contributed by atoms with E-state index >= 15 is 0 Å². The van der Waals surface area contributed by atoms with Gasteiger partial charge in [0.15, 0.2) is 0 Å². The van der Waals surface area contributed by atoms with Gasteiger partial charge in [-0.05, 0) is 49.7 Å². The highest BCUT2D eigenvalue weighted by Gasteiger charge is 2.26. The van der Waals surface area contributed by atoms with Crippen LogP contribution in [0.2, 0.25) is 0 Å². The summed E-state index contributed by atoms with van der Waals surface area (Å²) in [5, 5.41) is 9.11. The van der Waals surface area contributed by atoms with Crippen molar-refractivity contribution in [1.29, 1.82) is 0 Å². The molecule has 0 radical (unpaired) electrons. The summed E-state index contributed by atoms with van der Waals surface area (Å²) >= 11 is 1.69. The molecule has 1 aliphatic heterocycles. The van der Waals surface area contributed by atoms with E-state index in [9.17, 15) is 4.79 Å². The van der Waals surface area contributed by atoms with Gasteiger partial charge in [-0.15, -0.1) is 11.3 Å². The predicted octanol–water partition coefficient (Wildman–Crippen LogP) is 2.08. The van der Waals surface area contributed by atoms with Crippen LogP contribution in [-0.4, -0.2) is 35.6 Å². The molecule has 1 fully saturated rings. The van der Waals surface area contributed by atoms with Crippen LogP contribution in [0, 0.1) is 5.92 Å². The van der Waals surface area contributed by atoms with Crippen molar-refractivity contribution in [3.8, 4) is 0 Å². The lowest BCUT2D eigenvalue weighted by atomic mass is 9.98. The third kappa shape index (κ3) is 2.19. The van der Waals surface area contributed by atoms with Gasteiger partial charge in [0.1, 0.15) is 0 Å². The molecule has 3 nitrogen and oxygen atoms in total. The minimum absolute atomic E-state index is 0.200. The number of rotatable bonds is 2. The number of likely N-dealkylation sites (tertiary alicyclic amines) is 1. The first-order valence-corrected chi connectivity index (χ1v) is 7.61. The van der Waals surface area contributed by atoms with Gasteiger partial charge < -0.3 is 10.0 Å². The van der Waals surface area contributed by atoms with Crippen LogP contribution < -0.4 is 0 Å². The van der Waals surface area contributed by atoms with E-state index in [4.69, 9.17) is 5.11 Å². The number of piperidine rings is 1. The Balaban J connectivity index is 1.67. The number of thiophene rings is 1. The van der Waals surface area contributed by atoms with Crippen LogP contribution in [0.3, 0.4) is 0 Å². The maximum atomic E-state index is 12.4. The molecule has 1 amide bonds. The Kier molecular flexibility index (Phi) is 3.39. The van der Waals surface area contributed by atoms with Gasteiger partial charge >= 0.3 is 0 Å². The molecular weight excluding hydrogens is 246 g/mol. The predicted molar refractivity (Wildman–Crippen MR) is 72.1 cm³/mol. The number of carbonyl (C=O) groups excluding carboxylic acids is 1.